The quantitative estimate of drug-likeness (QED) is 0.742. The zero-order chi connectivity index (χ0) is 17.8. The Hall–Kier alpha value is -2.67. The van der Waals surface area contributed by atoms with E-state index >= 15 is 0 Å². The van der Waals surface area contributed by atoms with Crippen LogP contribution in [-0.2, 0) is 0 Å². The number of nitrogens with one attached hydrogen (secondary N) is 1. The van der Waals surface area contributed by atoms with Crippen molar-refractivity contribution in [3.8, 4) is 16.5 Å². The van der Waals surface area contributed by atoms with Crippen LogP contribution in [0.5, 0.6) is 5.75 Å². The van der Waals surface area contributed by atoms with Gasteiger partial charge in [-0.25, -0.2) is 0 Å². The Kier molecular flexibility index (Phi) is 4.97. The second-order valence-electron chi connectivity index (χ2n) is 6.23. The first-order valence-corrected chi connectivity index (χ1v) is 9.54. The van der Waals surface area contributed by atoms with E-state index in [4.69, 9.17) is 4.74 Å². The Labute approximate surface area is 156 Å². The van der Waals surface area contributed by atoms with E-state index in [1.807, 2.05) is 30.3 Å². The number of hydrogen-bond acceptors (Lipinski definition) is 7. The third-order valence-electron chi connectivity index (χ3n) is 4.57. The first kappa shape index (κ1) is 16.8. The van der Waals surface area contributed by atoms with Crippen LogP contribution < -0.4 is 15.0 Å². The maximum Gasteiger partial charge on any atom is 0.206 e. The maximum absolute atomic E-state index is 5.23. The normalized spacial score (nSPS) is 15.0. The summed E-state index contributed by atoms with van der Waals surface area (Å²) in [5.74, 6) is 0.894. The Bertz CT molecular complexity index is 829. The summed E-state index contributed by atoms with van der Waals surface area (Å²) >= 11 is 1.56. The monoisotopic (exact) mass is 367 g/mol. The SMILES string of the molecule is COc1ccc(N2CCC(Nc3nnc(-c4ccccn4)s3)CC2)cc1. The zero-order valence-corrected chi connectivity index (χ0v) is 15.4. The third kappa shape index (κ3) is 3.77. The summed E-state index contributed by atoms with van der Waals surface area (Å²) in [5, 5.41) is 13.8. The molecule has 1 fully saturated rings. The Morgan fingerprint density at radius 2 is 1.88 bits per heavy atom. The van der Waals surface area contributed by atoms with Crippen molar-refractivity contribution in [1.82, 2.24) is 15.2 Å². The van der Waals surface area contributed by atoms with E-state index in [0.29, 0.717) is 6.04 Å². The highest BCUT2D eigenvalue weighted by atomic mass is 32.1. The van der Waals surface area contributed by atoms with Gasteiger partial charge in [0.1, 0.15) is 11.4 Å². The lowest BCUT2D eigenvalue weighted by atomic mass is 10.0. The van der Waals surface area contributed by atoms with Gasteiger partial charge in [0.2, 0.25) is 5.13 Å². The van der Waals surface area contributed by atoms with Gasteiger partial charge in [-0.05, 0) is 49.2 Å². The van der Waals surface area contributed by atoms with Crippen molar-refractivity contribution >= 4 is 22.2 Å². The van der Waals surface area contributed by atoms with Gasteiger partial charge in [-0.3, -0.25) is 4.98 Å². The zero-order valence-electron chi connectivity index (χ0n) is 14.6. The summed E-state index contributed by atoms with van der Waals surface area (Å²) < 4.78 is 5.23. The summed E-state index contributed by atoms with van der Waals surface area (Å²) in [6.07, 6.45) is 3.92. The Morgan fingerprint density at radius 3 is 2.58 bits per heavy atom. The van der Waals surface area contributed by atoms with Crippen molar-refractivity contribution in [3.05, 3.63) is 48.7 Å². The van der Waals surface area contributed by atoms with Gasteiger partial charge in [0.25, 0.3) is 0 Å². The smallest absolute Gasteiger partial charge is 0.206 e. The Balaban J connectivity index is 1.33. The molecule has 0 aliphatic carbocycles. The standard InChI is InChI=1S/C19H21N5OS/c1-25-16-7-5-15(6-8-16)24-12-9-14(10-13-24)21-19-23-22-18(26-19)17-4-2-3-11-20-17/h2-8,11,14H,9-10,12-13H2,1H3,(H,21,23). The molecule has 134 valence electrons. The minimum Gasteiger partial charge on any atom is -0.497 e. The van der Waals surface area contributed by atoms with Crippen molar-refractivity contribution in [2.45, 2.75) is 18.9 Å². The molecule has 1 aromatic carbocycles. The highest BCUT2D eigenvalue weighted by Crippen LogP contribution is 2.27. The van der Waals surface area contributed by atoms with E-state index < -0.39 is 0 Å². The summed E-state index contributed by atoms with van der Waals surface area (Å²) in [6.45, 7) is 2.05. The van der Waals surface area contributed by atoms with E-state index in [9.17, 15) is 0 Å². The molecule has 0 spiro atoms. The van der Waals surface area contributed by atoms with Crippen LogP contribution in [0.15, 0.2) is 48.7 Å². The minimum absolute atomic E-state index is 0.425. The molecular weight excluding hydrogens is 346 g/mol. The number of anilines is 2. The van der Waals surface area contributed by atoms with E-state index in [2.05, 4.69) is 37.5 Å². The molecule has 0 radical (unpaired) electrons. The second-order valence-corrected chi connectivity index (χ2v) is 7.21. The van der Waals surface area contributed by atoms with Crippen molar-refractivity contribution in [1.29, 1.82) is 0 Å². The fourth-order valence-electron chi connectivity index (χ4n) is 3.12. The lowest BCUT2D eigenvalue weighted by Crippen LogP contribution is -2.39. The van der Waals surface area contributed by atoms with E-state index in [1.165, 1.54) is 5.69 Å². The van der Waals surface area contributed by atoms with Gasteiger partial charge in [0.05, 0.1) is 7.11 Å². The molecular formula is C19H21N5OS. The molecule has 3 aromatic rings. The highest BCUT2D eigenvalue weighted by Gasteiger charge is 2.20. The maximum atomic E-state index is 5.23. The lowest BCUT2D eigenvalue weighted by Gasteiger charge is -2.33. The van der Waals surface area contributed by atoms with Gasteiger partial charge in [0, 0.05) is 31.0 Å². The molecule has 1 aliphatic heterocycles. The van der Waals surface area contributed by atoms with Gasteiger partial charge in [-0.15, -0.1) is 10.2 Å². The second kappa shape index (κ2) is 7.70. The predicted molar refractivity (Wildman–Crippen MR) is 105 cm³/mol. The highest BCUT2D eigenvalue weighted by molar-refractivity contribution is 7.18. The third-order valence-corrected chi connectivity index (χ3v) is 5.45. The largest absolute Gasteiger partial charge is 0.497 e. The number of ether oxygens (including phenoxy) is 1. The molecule has 0 atom stereocenters. The number of piperidine rings is 1. The fraction of sp³-hybridized carbons (Fsp3) is 0.316. The van der Waals surface area contributed by atoms with Gasteiger partial charge in [-0.1, -0.05) is 17.4 Å². The average Bonchev–Trinajstić information content (AvgIpc) is 3.18. The molecule has 2 aromatic heterocycles. The van der Waals surface area contributed by atoms with E-state index in [1.54, 1.807) is 24.6 Å². The van der Waals surface area contributed by atoms with Gasteiger partial charge in [0.15, 0.2) is 5.01 Å². The number of pyridine rings is 1. The van der Waals surface area contributed by atoms with Crippen LogP contribution in [0.3, 0.4) is 0 Å². The van der Waals surface area contributed by atoms with Gasteiger partial charge in [-0.2, -0.15) is 0 Å². The van der Waals surface area contributed by atoms with Crippen LogP contribution >= 0.6 is 11.3 Å². The van der Waals surface area contributed by atoms with Crippen molar-refractivity contribution in [2.24, 2.45) is 0 Å². The molecule has 4 rings (SSSR count). The number of methoxy groups -OCH3 is 1. The molecule has 0 unspecified atom stereocenters. The van der Waals surface area contributed by atoms with Gasteiger partial charge < -0.3 is 15.0 Å². The van der Waals surface area contributed by atoms with Crippen LogP contribution in [0, 0.1) is 0 Å². The molecule has 0 saturated carbocycles. The summed E-state index contributed by atoms with van der Waals surface area (Å²) in [4.78, 5) is 6.74. The topological polar surface area (TPSA) is 63.2 Å². The lowest BCUT2D eigenvalue weighted by molar-refractivity contribution is 0.414. The first-order chi connectivity index (χ1) is 12.8. The number of nitrogens with zero attached hydrogens (tertiary/aromatic N) is 4. The first-order valence-electron chi connectivity index (χ1n) is 8.72. The van der Waals surface area contributed by atoms with Crippen LogP contribution in [-0.4, -0.2) is 41.4 Å². The summed E-state index contributed by atoms with van der Waals surface area (Å²) in [6, 6.07) is 14.5. The van der Waals surface area contributed by atoms with Crippen LogP contribution in [0.2, 0.25) is 0 Å². The van der Waals surface area contributed by atoms with E-state index in [0.717, 1.165) is 47.5 Å². The number of rotatable bonds is 5. The summed E-state index contributed by atoms with van der Waals surface area (Å²) in [5.41, 5.74) is 2.12. The van der Waals surface area contributed by atoms with Gasteiger partial charge >= 0.3 is 0 Å². The molecule has 1 aliphatic rings. The van der Waals surface area contributed by atoms with E-state index in [-0.39, 0.29) is 0 Å². The molecule has 1 saturated heterocycles. The number of hydrogen-bond donors (Lipinski definition) is 1. The van der Waals surface area contributed by atoms with Crippen molar-refractivity contribution < 1.29 is 4.74 Å². The summed E-state index contributed by atoms with van der Waals surface area (Å²) in [7, 11) is 1.69. The van der Waals surface area contributed by atoms with Crippen LogP contribution in [0.1, 0.15) is 12.8 Å². The van der Waals surface area contributed by atoms with Crippen LogP contribution in [0.4, 0.5) is 10.8 Å². The molecule has 3 heterocycles. The molecule has 1 N–H and O–H groups in total. The predicted octanol–water partition coefficient (Wildman–Crippen LogP) is 3.69. The minimum atomic E-state index is 0.425. The van der Waals surface area contributed by atoms with Crippen molar-refractivity contribution in [2.75, 3.05) is 30.4 Å². The van der Waals surface area contributed by atoms with Crippen LogP contribution in [0.25, 0.3) is 10.7 Å². The van der Waals surface area contributed by atoms with Crippen molar-refractivity contribution in [3.63, 3.8) is 0 Å². The molecule has 7 heteroatoms. The Morgan fingerprint density at radius 1 is 1.08 bits per heavy atom. The molecule has 6 nitrogen and oxygen atoms in total. The number of aromatic nitrogens is 3. The fourth-order valence-corrected chi connectivity index (χ4v) is 3.92. The molecule has 26 heavy (non-hydrogen) atoms. The number of benzene rings is 1. The average molecular weight is 367 g/mol. The molecule has 0 amide bonds. The molecule has 0 bridgehead atoms.